The van der Waals surface area contributed by atoms with Crippen molar-refractivity contribution >= 4 is 30.9 Å². The molecule has 0 saturated carbocycles. The lowest BCUT2D eigenvalue weighted by Crippen LogP contribution is -2.51. The van der Waals surface area contributed by atoms with Crippen molar-refractivity contribution in [1.29, 1.82) is 0 Å². The van der Waals surface area contributed by atoms with Crippen LogP contribution < -0.4 is 5.69 Å². The SMILES string of the molecule is CC[C@]12CO[C@@H](C1O[Si](C)(C)C(C)(C)C)[C@H](n1cc(I)c(-n3cncn3)nc1=O)O2. The minimum absolute atomic E-state index is 0.0622. The summed E-state index contributed by atoms with van der Waals surface area (Å²) in [6.07, 6.45) is 4.26. The number of ether oxygens (including phenoxy) is 2. The summed E-state index contributed by atoms with van der Waals surface area (Å²) in [6.45, 7) is 13.7. The summed E-state index contributed by atoms with van der Waals surface area (Å²) in [5.41, 5.74) is -0.972. The van der Waals surface area contributed by atoms with Crippen LogP contribution >= 0.6 is 22.6 Å². The minimum atomic E-state index is -2.06. The largest absolute Gasteiger partial charge is 0.408 e. The van der Waals surface area contributed by atoms with Crippen molar-refractivity contribution in [3.8, 4) is 5.82 Å². The molecule has 0 aliphatic carbocycles. The van der Waals surface area contributed by atoms with Crippen molar-refractivity contribution in [2.24, 2.45) is 0 Å². The van der Waals surface area contributed by atoms with E-state index in [2.05, 4.69) is 78.4 Å². The average Bonchev–Trinajstić information content (AvgIpc) is 3.37. The third kappa shape index (κ3) is 3.47. The summed E-state index contributed by atoms with van der Waals surface area (Å²) in [5.74, 6) is 0.442. The predicted octanol–water partition coefficient (Wildman–Crippen LogP) is 2.90. The van der Waals surface area contributed by atoms with Crippen LogP contribution in [0.5, 0.6) is 0 Å². The van der Waals surface area contributed by atoms with Gasteiger partial charge in [-0.15, -0.1) is 0 Å². The first-order valence-electron chi connectivity index (χ1n) is 10.1. The molecule has 164 valence electrons. The van der Waals surface area contributed by atoms with Gasteiger partial charge in [0, 0.05) is 6.20 Å². The van der Waals surface area contributed by atoms with E-state index in [1.54, 1.807) is 6.20 Å². The maximum absolute atomic E-state index is 12.9. The molecule has 2 bridgehead atoms. The number of nitrogens with zero attached hydrogens (tertiary/aromatic N) is 5. The molecule has 0 radical (unpaired) electrons. The molecule has 9 nitrogen and oxygen atoms in total. The summed E-state index contributed by atoms with van der Waals surface area (Å²) < 4.78 is 23.1. The Labute approximate surface area is 190 Å². The van der Waals surface area contributed by atoms with Crippen LogP contribution in [0.3, 0.4) is 0 Å². The van der Waals surface area contributed by atoms with Crippen LogP contribution in [0.1, 0.15) is 40.3 Å². The topological polar surface area (TPSA) is 93.3 Å². The Morgan fingerprint density at radius 1 is 1.40 bits per heavy atom. The van der Waals surface area contributed by atoms with Gasteiger partial charge in [-0.1, -0.05) is 27.7 Å². The van der Waals surface area contributed by atoms with E-state index in [9.17, 15) is 4.79 Å². The van der Waals surface area contributed by atoms with Gasteiger partial charge in [0.05, 0.1) is 10.2 Å². The highest BCUT2D eigenvalue weighted by Gasteiger charge is 2.63. The fourth-order valence-corrected chi connectivity index (χ4v) is 5.72. The zero-order valence-corrected chi connectivity index (χ0v) is 21.3. The quantitative estimate of drug-likeness (QED) is 0.422. The van der Waals surface area contributed by atoms with E-state index < -0.39 is 25.8 Å². The van der Waals surface area contributed by atoms with E-state index in [4.69, 9.17) is 13.9 Å². The molecule has 30 heavy (non-hydrogen) atoms. The number of fused-ring (bicyclic) bond motifs is 2. The Morgan fingerprint density at radius 3 is 2.73 bits per heavy atom. The van der Waals surface area contributed by atoms with Crippen LogP contribution in [0.15, 0.2) is 23.6 Å². The monoisotopic (exact) mass is 545 g/mol. The molecule has 2 aliphatic heterocycles. The van der Waals surface area contributed by atoms with Crippen molar-refractivity contribution in [3.05, 3.63) is 32.9 Å². The van der Waals surface area contributed by atoms with Crippen molar-refractivity contribution in [3.63, 3.8) is 0 Å². The molecule has 0 amide bonds. The third-order valence-electron chi connectivity index (χ3n) is 6.60. The van der Waals surface area contributed by atoms with Crippen LogP contribution in [0.4, 0.5) is 0 Å². The highest BCUT2D eigenvalue weighted by Crippen LogP contribution is 2.50. The summed E-state index contributed by atoms with van der Waals surface area (Å²) in [6, 6.07) is 0. The van der Waals surface area contributed by atoms with Gasteiger partial charge in [0.15, 0.2) is 20.4 Å². The first-order chi connectivity index (χ1) is 14.0. The second-order valence-corrected chi connectivity index (χ2v) is 15.4. The van der Waals surface area contributed by atoms with Gasteiger partial charge in [-0.3, -0.25) is 4.57 Å². The van der Waals surface area contributed by atoms with Gasteiger partial charge in [-0.2, -0.15) is 10.1 Å². The van der Waals surface area contributed by atoms with Gasteiger partial charge < -0.3 is 13.9 Å². The van der Waals surface area contributed by atoms with Crippen LogP contribution in [0, 0.1) is 3.57 Å². The molecule has 2 fully saturated rings. The Bertz CT molecular complexity index is 990. The number of rotatable bonds is 5. The smallest absolute Gasteiger partial charge is 0.351 e. The maximum Gasteiger partial charge on any atom is 0.351 e. The number of halogens is 1. The van der Waals surface area contributed by atoms with Gasteiger partial charge >= 0.3 is 5.69 Å². The van der Waals surface area contributed by atoms with Crippen LogP contribution in [-0.2, 0) is 13.9 Å². The van der Waals surface area contributed by atoms with E-state index >= 15 is 0 Å². The summed E-state index contributed by atoms with van der Waals surface area (Å²) in [4.78, 5) is 21.1. The second-order valence-electron chi connectivity index (χ2n) is 9.44. The van der Waals surface area contributed by atoms with Crippen molar-refractivity contribution < 1.29 is 13.9 Å². The van der Waals surface area contributed by atoms with E-state index in [0.29, 0.717) is 12.4 Å². The fourth-order valence-electron chi connectivity index (χ4n) is 3.71. The Balaban J connectivity index is 1.69. The van der Waals surface area contributed by atoms with Crippen molar-refractivity contribution in [2.45, 2.75) is 76.3 Å². The molecule has 4 rings (SSSR count). The van der Waals surface area contributed by atoms with Gasteiger partial charge in [0.1, 0.15) is 30.5 Å². The van der Waals surface area contributed by atoms with Gasteiger partial charge in [0.2, 0.25) is 0 Å². The van der Waals surface area contributed by atoms with E-state index in [-0.39, 0.29) is 17.2 Å². The summed E-state index contributed by atoms with van der Waals surface area (Å²) in [5, 5.41) is 4.13. The number of aromatic nitrogens is 5. The molecule has 4 atom stereocenters. The predicted molar refractivity (Wildman–Crippen MR) is 121 cm³/mol. The molecular weight excluding hydrogens is 517 g/mol. The highest BCUT2D eigenvalue weighted by molar-refractivity contribution is 14.1. The molecule has 0 aromatic carbocycles. The molecule has 2 aromatic heterocycles. The fraction of sp³-hybridized carbons (Fsp3) is 0.684. The Morgan fingerprint density at radius 2 is 2.13 bits per heavy atom. The van der Waals surface area contributed by atoms with Crippen molar-refractivity contribution in [1.82, 2.24) is 24.3 Å². The maximum atomic E-state index is 12.9. The molecule has 11 heteroatoms. The standard InChI is InChI=1S/C19H28IN5O4Si/c1-7-19-9-27-13(14(19)29-30(5,6)18(2,3)4)16(28-19)24-8-12(20)15(23-17(24)26)25-11-21-10-22-25/h8,10-11,13-14,16H,7,9H2,1-6H3/t13-,14?,16+,19-/m0/s1. The molecule has 1 unspecified atom stereocenters. The molecule has 0 spiro atoms. The van der Waals surface area contributed by atoms with Crippen LogP contribution in [0.25, 0.3) is 5.82 Å². The molecule has 2 aromatic rings. The third-order valence-corrected chi connectivity index (χ3v) is 11.8. The van der Waals surface area contributed by atoms with E-state index in [1.165, 1.54) is 21.9 Å². The molecule has 2 saturated heterocycles. The zero-order valence-electron chi connectivity index (χ0n) is 18.1. The highest BCUT2D eigenvalue weighted by atomic mass is 127. The van der Waals surface area contributed by atoms with Gasteiger partial charge in [-0.25, -0.2) is 14.5 Å². The lowest BCUT2D eigenvalue weighted by Gasteiger charge is -2.40. The summed E-state index contributed by atoms with van der Waals surface area (Å²) in [7, 11) is -2.06. The lowest BCUT2D eigenvalue weighted by atomic mass is 9.96. The average molecular weight is 545 g/mol. The Hall–Kier alpha value is -1.15. The lowest BCUT2D eigenvalue weighted by molar-refractivity contribution is -0.175. The first kappa shape index (κ1) is 22.1. The zero-order chi connectivity index (χ0) is 21.9. The summed E-state index contributed by atoms with van der Waals surface area (Å²) >= 11 is 2.14. The first-order valence-corrected chi connectivity index (χ1v) is 14.1. The normalized spacial score (nSPS) is 29.0. The van der Waals surface area contributed by atoms with E-state index in [0.717, 1.165) is 9.99 Å². The Kier molecular flexibility index (Phi) is 5.49. The molecular formula is C19H28IN5O4Si. The van der Waals surface area contributed by atoms with Gasteiger partial charge in [0.25, 0.3) is 0 Å². The number of hydrogen-bond acceptors (Lipinski definition) is 7. The molecule has 2 aliphatic rings. The van der Waals surface area contributed by atoms with Crippen molar-refractivity contribution in [2.75, 3.05) is 6.61 Å². The van der Waals surface area contributed by atoms with E-state index in [1.807, 2.05) is 0 Å². The molecule has 0 N–H and O–H groups in total. The van der Waals surface area contributed by atoms with Crippen LogP contribution in [0.2, 0.25) is 18.1 Å². The molecule has 4 heterocycles. The minimum Gasteiger partial charge on any atom is -0.408 e. The van der Waals surface area contributed by atoms with Crippen LogP contribution in [-0.4, -0.2) is 57.0 Å². The number of hydrogen-bond donors (Lipinski definition) is 0. The van der Waals surface area contributed by atoms with Gasteiger partial charge in [-0.05, 0) is 47.1 Å². The second kappa shape index (κ2) is 7.47.